The molecule has 1 aliphatic carbocycles. The van der Waals surface area contributed by atoms with Crippen LogP contribution < -0.4 is 0 Å². The number of halogens is 1. The fourth-order valence-electron chi connectivity index (χ4n) is 0.171. The molecule has 1 saturated carbocycles. The molecule has 0 unspecified atom stereocenters. The quantitative estimate of drug-likeness (QED) is 0.302. The van der Waals surface area contributed by atoms with Crippen molar-refractivity contribution in [2.75, 3.05) is 0 Å². The Hall–Kier alpha value is 0.470. The summed E-state index contributed by atoms with van der Waals surface area (Å²) in [7, 11) is 0. The highest BCUT2D eigenvalue weighted by Crippen LogP contribution is 2.34. The van der Waals surface area contributed by atoms with Gasteiger partial charge >= 0.3 is 0 Å². The maximum absolute atomic E-state index is 3.74. The van der Waals surface area contributed by atoms with Gasteiger partial charge in [-0.3, -0.25) is 0 Å². The lowest BCUT2D eigenvalue weighted by Crippen LogP contribution is -1.46. The van der Waals surface area contributed by atoms with Gasteiger partial charge in [-0.15, -0.1) is 0 Å². The SMILES string of the molecule is C=C1C[C@H]1I. The van der Waals surface area contributed by atoms with Crippen LogP contribution >= 0.6 is 22.6 Å². The Morgan fingerprint density at radius 3 is 2.20 bits per heavy atom. The van der Waals surface area contributed by atoms with Gasteiger partial charge < -0.3 is 0 Å². The first-order chi connectivity index (χ1) is 2.30. The molecule has 0 aromatic heterocycles. The van der Waals surface area contributed by atoms with Crippen LogP contribution in [0.5, 0.6) is 0 Å². The number of hydrogen-bond acceptors (Lipinski definition) is 0. The molecule has 28 valence electrons. The third-order valence-corrected chi connectivity index (χ3v) is 2.05. The van der Waals surface area contributed by atoms with Gasteiger partial charge in [0.25, 0.3) is 0 Å². The van der Waals surface area contributed by atoms with Crippen molar-refractivity contribution in [3.8, 4) is 0 Å². The van der Waals surface area contributed by atoms with Crippen LogP contribution in [0.15, 0.2) is 12.2 Å². The minimum atomic E-state index is 0.826. The summed E-state index contributed by atoms with van der Waals surface area (Å²) in [4.78, 5) is 0. The number of rotatable bonds is 0. The molecule has 0 radical (unpaired) electrons. The second-order valence-electron chi connectivity index (χ2n) is 1.33. The Labute approximate surface area is 45.4 Å². The summed E-state index contributed by atoms with van der Waals surface area (Å²) < 4.78 is 0.826. The summed E-state index contributed by atoms with van der Waals surface area (Å²) in [5.74, 6) is 0. The average Bonchev–Trinajstić information content (AvgIpc) is 1.79. The lowest BCUT2D eigenvalue weighted by molar-refractivity contribution is 1.57. The average molecular weight is 180 g/mol. The second kappa shape index (κ2) is 0.965. The number of hydrogen-bond donors (Lipinski definition) is 0. The fourth-order valence-corrected chi connectivity index (χ4v) is 0.737. The molecular weight excluding hydrogens is 175 g/mol. The van der Waals surface area contributed by atoms with E-state index >= 15 is 0 Å². The molecule has 1 fully saturated rings. The maximum Gasteiger partial charge on any atom is 0.0354 e. The predicted octanol–water partition coefficient (Wildman–Crippen LogP) is 1.75. The van der Waals surface area contributed by atoms with Crippen LogP contribution in [0.1, 0.15) is 6.42 Å². The second-order valence-corrected chi connectivity index (χ2v) is 2.83. The molecule has 0 nitrogen and oxygen atoms in total. The van der Waals surface area contributed by atoms with E-state index in [9.17, 15) is 0 Å². The lowest BCUT2D eigenvalue weighted by Gasteiger charge is -1.55. The first-order valence-corrected chi connectivity index (χ1v) is 2.87. The van der Waals surface area contributed by atoms with Crippen LogP contribution in [0.25, 0.3) is 0 Å². The van der Waals surface area contributed by atoms with E-state index in [2.05, 4.69) is 29.2 Å². The summed E-state index contributed by atoms with van der Waals surface area (Å²) in [5.41, 5.74) is 1.41. The van der Waals surface area contributed by atoms with E-state index in [-0.39, 0.29) is 0 Å². The Balaban J connectivity index is 2.47. The summed E-state index contributed by atoms with van der Waals surface area (Å²) in [6.07, 6.45) is 1.26. The van der Waals surface area contributed by atoms with Crippen LogP contribution in [0, 0.1) is 0 Å². The highest BCUT2D eigenvalue weighted by molar-refractivity contribution is 14.1. The van der Waals surface area contributed by atoms with Crippen molar-refractivity contribution < 1.29 is 0 Å². The molecule has 1 rings (SSSR count). The third kappa shape index (κ3) is 0.651. The maximum atomic E-state index is 3.74. The molecule has 0 amide bonds. The minimum Gasteiger partial charge on any atom is -0.0987 e. The Bertz CT molecular complexity index is 66.0. The van der Waals surface area contributed by atoms with E-state index in [4.69, 9.17) is 0 Å². The van der Waals surface area contributed by atoms with E-state index in [1.807, 2.05) is 0 Å². The predicted molar refractivity (Wildman–Crippen MR) is 31.6 cm³/mol. The van der Waals surface area contributed by atoms with Gasteiger partial charge in [-0.05, 0) is 6.42 Å². The Morgan fingerprint density at radius 1 is 2.00 bits per heavy atom. The molecular formula is C4H5I. The molecule has 0 saturated heterocycles. The minimum absolute atomic E-state index is 0.826. The molecule has 1 atom stereocenters. The van der Waals surface area contributed by atoms with E-state index in [0.29, 0.717) is 0 Å². The molecule has 0 aliphatic heterocycles. The fraction of sp³-hybridized carbons (Fsp3) is 0.500. The van der Waals surface area contributed by atoms with Gasteiger partial charge in [0.1, 0.15) is 0 Å². The zero-order valence-corrected chi connectivity index (χ0v) is 5.03. The van der Waals surface area contributed by atoms with Crippen molar-refractivity contribution in [2.45, 2.75) is 10.3 Å². The van der Waals surface area contributed by atoms with Crippen molar-refractivity contribution >= 4 is 22.6 Å². The third-order valence-electron chi connectivity index (χ3n) is 0.724. The zero-order valence-electron chi connectivity index (χ0n) is 2.87. The van der Waals surface area contributed by atoms with Crippen LogP contribution in [0.2, 0.25) is 0 Å². The highest BCUT2D eigenvalue weighted by atomic mass is 127. The molecule has 5 heavy (non-hydrogen) atoms. The van der Waals surface area contributed by atoms with E-state index in [0.717, 1.165) is 3.92 Å². The van der Waals surface area contributed by atoms with Crippen molar-refractivity contribution in [1.29, 1.82) is 0 Å². The summed E-state index contributed by atoms with van der Waals surface area (Å²) in [6, 6.07) is 0. The van der Waals surface area contributed by atoms with Crippen molar-refractivity contribution in [3.63, 3.8) is 0 Å². The van der Waals surface area contributed by atoms with E-state index < -0.39 is 0 Å². The largest absolute Gasteiger partial charge is 0.0987 e. The van der Waals surface area contributed by atoms with Gasteiger partial charge in [0, 0.05) is 3.92 Å². The lowest BCUT2D eigenvalue weighted by atomic mass is 10.7. The van der Waals surface area contributed by atoms with Gasteiger partial charge in [-0.2, -0.15) is 0 Å². The molecule has 0 heterocycles. The van der Waals surface area contributed by atoms with Gasteiger partial charge in [-0.1, -0.05) is 34.7 Å². The molecule has 0 bridgehead atoms. The standard InChI is InChI=1S/C4H5I/c1-3-2-4(3)5/h4H,1-2H2/t4-/m1/s1. The molecule has 1 aliphatic rings. The molecule has 0 aromatic rings. The Kier molecular flexibility index (Phi) is 0.705. The van der Waals surface area contributed by atoms with Crippen molar-refractivity contribution in [3.05, 3.63) is 12.2 Å². The van der Waals surface area contributed by atoms with Crippen LogP contribution in [-0.4, -0.2) is 3.92 Å². The van der Waals surface area contributed by atoms with Crippen LogP contribution in [-0.2, 0) is 0 Å². The van der Waals surface area contributed by atoms with Crippen LogP contribution in [0.3, 0.4) is 0 Å². The first kappa shape index (κ1) is 3.65. The molecule has 0 N–H and O–H groups in total. The molecule has 0 aromatic carbocycles. The van der Waals surface area contributed by atoms with Gasteiger partial charge in [-0.25, -0.2) is 0 Å². The van der Waals surface area contributed by atoms with Crippen molar-refractivity contribution in [2.24, 2.45) is 0 Å². The Morgan fingerprint density at radius 2 is 2.20 bits per heavy atom. The summed E-state index contributed by atoms with van der Waals surface area (Å²) in [6.45, 7) is 3.74. The van der Waals surface area contributed by atoms with Gasteiger partial charge in [0.2, 0.25) is 0 Å². The van der Waals surface area contributed by atoms with Crippen molar-refractivity contribution in [1.82, 2.24) is 0 Å². The number of alkyl halides is 1. The normalized spacial score (nSPS) is 34.6. The highest BCUT2D eigenvalue weighted by Gasteiger charge is 2.22. The monoisotopic (exact) mass is 180 g/mol. The molecule has 1 heteroatoms. The first-order valence-electron chi connectivity index (χ1n) is 1.62. The van der Waals surface area contributed by atoms with E-state index in [1.165, 1.54) is 12.0 Å². The summed E-state index contributed by atoms with van der Waals surface area (Å²) >= 11 is 2.38. The van der Waals surface area contributed by atoms with E-state index in [1.54, 1.807) is 0 Å². The topological polar surface area (TPSA) is 0 Å². The van der Waals surface area contributed by atoms with Crippen LogP contribution in [0.4, 0.5) is 0 Å². The zero-order chi connectivity index (χ0) is 3.86. The smallest absolute Gasteiger partial charge is 0.0354 e. The molecule has 0 spiro atoms. The number of allylic oxidation sites excluding steroid dienone is 1. The summed E-state index contributed by atoms with van der Waals surface area (Å²) in [5, 5.41) is 0. The van der Waals surface area contributed by atoms with Gasteiger partial charge in [0.15, 0.2) is 0 Å². The van der Waals surface area contributed by atoms with Gasteiger partial charge in [0.05, 0.1) is 0 Å².